The molecule has 0 unspecified atom stereocenters. The van der Waals surface area contributed by atoms with E-state index in [-0.39, 0.29) is 18.3 Å². The van der Waals surface area contributed by atoms with Crippen LogP contribution < -0.4 is 5.32 Å². The van der Waals surface area contributed by atoms with E-state index in [0.29, 0.717) is 10.8 Å². The van der Waals surface area contributed by atoms with Gasteiger partial charge >= 0.3 is 0 Å². The molecule has 0 saturated heterocycles. The van der Waals surface area contributed by atoms with Gasteiger partial charge in [0.1, 0.15) is 0 Å². The molecule has 0 fully saturated rings. The van der Waals surface area contributed by atoms with Crippen LogP contribution in [-0.2, 0) is 11.2 Å². The molecule has 124 valence electrons. The molecule has 1 amide bonds. The van der Waals surface area contributed by atoms with Crippen LogP contribution >= 0.6 is 11.6 Å². The van der Waals surface area contributed by atoms with Crippen LogP contribution in [0.25, 0.3) is 22.3 Å². The molecule has 4 rings (SSSR count). The van der Waals surface area contributed by atoms with Crippen molar-refractivity contribution in [2.75, 3.05) is 5.32 Å². The van der Waals surface area contributed by atoms with Crippen molar-refractivity contribution in [3.8, 4) is 11.4 Å². The Morgan fingerprint density at radius 1 is 1.20 bits per heavy atom. The highest BCUT2D eigenvalue weighted by Crippen LogP contribution is 2.22. The number of amides is 1. The summed E-state index contributed by atoms with van der Waals surface area (Å²) in [7, 11) is 0. The summed E-state index contributed by atoms with van der Waals surface area (Å²) in [6.07, 6.45) is 5.35. The summed E-state index contributed by atoms with van der Waals surface area (Å²) >= 11 is 5.97. The maximum atomic E-state index is 12.3. The Bertz CT molecular complexity index is 1040. The number of H-pyrrole nitrogens is 2. The summed E-state index contributed by atoms with van der Waals surface area (Å²) in [6.45, 7) is 0. The first-order valence-electron chi connectivity index (χ1n) is 7.57. The summed E-state index contributed by atoms with van der Waals surface area (Å²) in [5.74, 6) is 0.607. The van der Waals surface area contributed by atoms with Crippen molar-refractivity contribution in [2.24, 2.45) is 0 Å². The number of nitrogens with one attached hydrogen (secondary N) is 3. The lowest BCUT2D eigenvalue weighted by atomic mass is 10.1. The van der Waals surface area contributed by atoms with Gasteiger partial charge in [-0.05, 0) is 29.8 Å². The van der Waals surface area contributed by atoms with Gasteiger partial charge in [0, 0.05) is 40.1 Å². The predicted octanol–water partition coefficient (Wildman–Crippen LogP) is 3.18. The van der Waals surface area contributed by atoms with E-state index in [1.165, 1.54) is 0 Å². The maximum Gasteiger partial charge on any atom is 0.249 e. The minimum atomic E-state index is -0.198. The molecule has 3 N–H and O–H groups in total. The van der Waals surface area contributed by atoms with Crippen molar-refractivity contribution >= 4 is 34.4 Å². The number of carbonyl (C=O) groups is 1. The zero-order valence-electron chi connectivity index (χ0n) is 13.0. The highest BCUT2D eigenvalue weighted by atomic mass is 35.5. The molecule has 3 heterocycles. The quantitative estimate of drug-likeness (QED) is 0.525. The number of hydrogen-bond acceptors (Lipinski definition) is 4. The number of benzene rings is 1. The molecule has 0 saturated carbocycles. The van der Waals surface area contributed by atoms with Gasteiger partial charge in [-0.3, -0.25) is 20.2 Å². The Morgan fingerprint density at radius 2 is 2.04 bits per heavy atom. The zero-order valence-corrected chi connectivity index (χ0v) is 13.7. The SMILES string of the molecule is O=C(Cc1c[nH]c2cc(Cl)ccc12)Nc1n[nH]c(-c2ccncc2)n1. The molecule has 0 aliphatic rings. The van der Waals surface area contributed by atoms with Crippen molar-refractivity contribution in [2.45, 2.75) is 6.42 Å². The van der Waals surface area contributed by atoms with E-state index in [2.05, 4.69) is 30.5 Å². The number of aromatic nitrogens is 5. The van der Waals surface area contributed by atoms with E-state index < -0.39 is 0 Å². The standard InChI is InChI=1S/C17H13ClN6O/c18-12-1-2-13-11(9-20-14(13)8-12)7-15(25)21-17-22-16(23-24-17)10-3-5-19-6-4-10/h1-6,8-9,20H,7H2,(H2,21,22,23,24,25). The van der Waals surface area contributed by atoms with E-state index in [4.69, 9.17) is 11.6 Å². The van der Waals surface area contributed by atoms with Gasteiger partial charge in [0.05, 0.1) is 6.42 Å². The van der Waals surface area contributed by atoms with Crippen LogP contribution in [0.3, 0.4) is 0 Å². The largest absolute Gasteiger partial charge is 0.361 e. The lowest BCUT2D eigenvalue weighted by molar-refractivity contribution is -0.115. The molecule has 0 aliphatic heterocycles. The number of pyridine rings is 1. The monoisotopic (exact) mass is 352 g/mol. The number of rotatable bonds is 4. The molecule has 25 heavy (non-hydrogen) atoms. The molecular formula is C17H13ClN6O. The molecule has 1 aromatic carbocycles. The molecule has 0 aliphatic carbocycles. The van der Waals surface area contributed by atoms with Crippen LogP contribution in [0.2, 0.25) is 5.02 Å². The Kier molecular flexibility index (Phi) is 3.91. The summed E-state index contributed by atoms with van der Waals surface area (Å²) < 4.78 is 0. The van der Waals surface area contributed by atoms with Crippen molar-refractivity contribution < 1.29 is 4.79 Å². The lowest BCUT2D eigenvalue weighted by Gasteiger charge is -2.00. The van der Waals surface area contributed by atoms with E-state index in [0.717, 1.165) is 22.0 Å². The molecule has 7 nitrogen and oxygen atoms in total. The fourth-order valence-electron chi connectivity index (χ4n) is 2.60. The third-order valence-electron chi connectivity index (χ3n) is 3.77. The number of hydrogen-bond donors (Lipinski definition) is 3. The van der Waals surface area contributed by atoms with Gasteiger partial charge in [-0.2, -0.15) is 4.98 Å². The van der Waals surface area contributed by atoms with Gasteiger partial charge in [0.15, 0.2) is 5.82 Å². The normalized spacial score (nSPS) is 10.9. The second kappa shape index (κ2) is 6.37. The third-order valence-corrected chi connectivity index (χ3v) is 4.01. The van der Waals surface area contributed by atoms with Crippen LogP contribution in [0, 0.1) is 0 Å². The van der Waals surface area contributed by atoms with E-state index in [1.54, 1.807) is 24.7 Å². The van der Waals surface area contributed by atoms with Crippen molar-refractivity contribution in [1.29, 1.82) is 0 Å². The van der Waals surface area contributed by atoms with Gasteiger partial charge in [-0.15, -0.1) is 5.10 Å². The zero-order chi connectivity index (χ0) is 17.2. The van der Waals surface area contributed by atoms with E-state index in [9.17, 15) is 4.79 Å². The minimum absolute atomic E-state index is 0.198. The maximum absolute atomic E-state index is 12.3. The summed E-state index contributed by atoms with van der Waals surface area (Å²) in [5.41, 5.74) is 2.62. The number of nitrogens with zero attached hydrogens (tertiary/aromatic N) is 3. The average Bonchev–Trinajstić information content (AvgIpc) is 3.23. The lowest BCUT2D eigenvalue weighted by Crippen LogP contribution is -2.15. The average molecular weight is 353 g/mol. The molecular weight excluding hydrogens is 340 g/mol. The number of aromatic amines is 2. The van der Waals surface area contributed by atoms with Crippen LogP contribution in [0.1, 0.15) is 5.56 Å². The third kappa shape index (κ3) is 3.22. The second-order valence-corrected chi connectivity index (χ2v) is 5.91. The summed E-state index contributed by atoms with van der Waals surface area (Å²) in [6, 6.07) is 9.14. The Labute approximate surface area is 147 Å². The Hall–Kier alpha value is -3.19. The Morgan fingerprint density at radius 3 is 2.88 bits per heavy atom. The molecule has 3 aromatic heterocycles. The molecule has 0 bridgehead atoms. The summed E-state index contributed by atoms with van der Waals surface area (Å²) in [5, 5.41) is 11.1. The minimum Gasteiger partial charge on any atom is -0.361 e. The highest BCUT2D eigenvalue weighted by molar-refractivity contribution is 6.31. The number of fused-ring (bicyclic) bond motifs is 1. The van der Waals surface area contributed by atoms with Gasteiger partial charge in [-0.1, -0.05) is 17.7 Å². The first-order chi connectivity index (χ1) is 12.2. The first kappa shape index (κ1) is 15.3. The van der Waals surface area contributed by atoms with Crippen LogP contribution in [0.4, 0.5) is 5.95 Å². The Balaban J connectivity index is 1.48. The molecule has 8 heteroatoms. The van der Waals surface area contributed by atoms with Crippen LogP contribution in [-0.4, -0.2) is 31.1 Å². The van der Waals surface area contributed by atoms with Crippen LogP contribution in [0.5, 0.6) is 0 Å². The molecule has 0 atom stereocenters. The van der Waals surface area contributed by atoms with Crippen LogP contribution in [0.15, 0.2) is 48.9 Å². The van der Waals surface area contributed by atoms with Gasteiger partial charge in [-0.25, -0.2) is 0 Å². The number of halogens is 1. The second-order valence-electron chi connectivity index (χ2n) is 5.47. The fourth-order valence-corrected chi connectivity index (χ4v) is 2.78. The van der Waals surface area contributed by atoms with Gasteiger partial charge in [0.25, 0.3) is 0 Å². The van der Waals surface area contributed by atoms with Crippen molar-refractivity contribution in [3.05, 3.63) is 59.5 Å². The van der Waals surface area contributed by atoms with Crippen molar-refractivity contribution in [1.82, 2.24) is 25.1 Å². The first-order valence-corrected chi connectivity index (χ1v) is 7.95. The van der Waals surface area contributed by atoms with E-state index >= 15 is 0 Å². The van der Waals surface area contributed by atoms with Gasteiger partial charge in [0.2, 0.25) is 11.9 Å². The van der Waals surface area contributed by atoms with Crippen molar-refractivity contribution in [3.63, 3.8) is 0 Å². The topological polar surface area (TPSA) is 99.3 Å². The molecule has 0 radical (unpaired) electrons. The number of anilines is 1. The molecule has 0 spiro atoms. The fraction of sp³-hybridized carbons (Fsp3) is 0.0588. The smallest absolute Gasteiger partial charge is 0.249 e. The summed E-state index contributed by atoms with van der Waals surface area (Å²) in [4.78, 5) is 23.6. The number of carbonyl (C=O) groups excluding carboxylic acids is 1. The van der Waals surface area contributed by atoms with Gasteiger partial charge < -0.3 is 4.98 Å². The van der Waals surface area contributed by atoms with E-state index in [1.807, 2.05) is 24.3 Å². The predicted molar refractivity (Wildman–Crippen MR) is 95.3 cm³/mol. The molecule has 4 aromatic rings. The highest BCUT2D eigenvalue weighted by Gasteiger charge is 2.12.